The normalized spacial score (nSPS) is 15.2. The van der Waals surface area contributed by atoms with Crippen LogP contribution in [0.4, 0.5) is 5.95 Å². The standard InChI is InChI=1S/C17H22N6O/c24-16(21-14-15-3-1-5-18-13-15)4-8-22-9-11-23(12-10-22)17-19-6-2-7-20-17/h1-3,5-7,13H,4,8-12,14H2,(H,21,24). The summed E-state index contributed by atoms with van der Waals surface area (Å²) in [5, 5.41) is 2.94. The van der Waals surface area contributed by atoms with E-state index in [0.717, 1.165) is 44.2 Å². The Bertz CT molecular complexity index is 628. The molecule has 1 amide bonds. The molecule has 1 N–H and O–H groups in total. The number of aromatic nitrogens is 3. The zero-order chi connectivity index (χ0) is 16.6. The van der Waals surface area contributed by atoms with E-state index in [0.29, 0.717) is 13.0 Å². The molecule has 3 rings (SSSR count). The zero-order valence-corrected chi connectivity index (χ0v) is 13.6. The molecule has 0 unspecified atom stereocenters. The van der Waals surface area contributed by atoms with Gasteiger partial charge >= 0.3 is 0 Å². The van der Waals surface area contributed by atoms with E-state index in [-0.39, 0.29) is 5.91 Å². The van der Waals surface area contributed by atoms with Crippen LogP contribution in [0.25, 0.3) is 0 Å². The van der Waals surface area contributed by atoms with Crippen LogP contribution in [0.15, 0.2) is 43.0 Å². The molecule has 1 aliphatic heterocycles. The van der Waals surface area contributed by atoms with E-state index in [4.69, 9.17) is 0 Å². The number of amides is 1. The number of nitrogens with zero attached hydrogens (tertiary/aromatic N) is 5. The third-order valence-corrected chi connectivity index (χ3v) is 4.07. The molecule has 7 heteroatoms. The van der Waals surface area contributed by atoms with Gasteiger partial charge in [-0.1, -0.05) is 6.07 Å². The van der Waals surface area contributed by atoms with Crippen molar-refractivity contribution >= 4 is 11.9 Å². The van der Waals surface area contributed by atoms with Crippen molar-refractivity contribution in [2.45, 2.75) is 13.0 Å². The Morgan fingerprint density at radius 1 is 1.08 bits per heavy atom. The highest BCUT2D eigenvalue weighted by Crippen LogP contribution is 2.09. The van der Waals surface area contributed by atoms with Gasteiger partial charge in [-0.05, 0) is 17.7 Å². The Hall–Kier alpha value is -2.54. The highest BCUT2D eigenvalue weighted by Gasteiger charge is 2.18. The average Bonchev–Trinajstić information content (AvgIpc) is 2.67. The summed E-state index contributed by atoms with van der Waals surface area (Å²) in [4.78, 5) is 29.0. The van der Waals surface area contributed by atoms with Gasteiger partial charge in [0.15, 0.2) is 0 Å². The molecule has 24 heavy (non-hydrogen) atoms. The summed E-state index contributed by atoms with van der Waals surface area (Å²) in [6, 6.07) is 5.65. The van der Waals surface area contributed by atoms with E-state index in [2.05, 4.69) is 30.1 Å². The Morgan fingerprint density at radius 3 is 2.58 bits per heavy atom. The largest absolute Gasteiger partial charge is 0.352 e. The Labute approximate surface area is 141 Å². The van der Waals surface area contributed by atoms with Crippen LogP contribution in [0.1, 0.15) is 12.0 Å². The lowest BCUT2D eigenvalue weighted by molar-refractivity contribution is -0.121. The summed E-state index contributed by atoms with van der Waals surface area (Å²) < 4.78 is 0. The second-order valence-corrected chi connectivity index (χ2v) is 5.77. The molecule has 126 valence electrons. The molecule has 0 radical (unpaired) electrons. The second-order valence-electron chi connectivity index (χ2n) is 5.77. The molecule has 3 heterocycles. The molecule has 0 atom stereocenters. The van der Waals surface area contributed by atoms with E-state index in [1.54, 1.807) is 24.8 Å². The first kappa shape index (κ1) is 16.3. The minimum Gasteiger partial charge on any atom is -0.352 e. The highest BCUT2D eigenvalue weighted by molar-refractivity contribution is 5.76. The molecule has 0 bridgehead atoms. The predicted molar refractivity (Wildman–Crippen MR) is 91.4 cm³/mol. The SMILES string of the molecule is O=C(CCN1CCN(c2ncccn2)CC1)NCc1cccnc1. The van der Waals surface area contributed by atoms with Gasteiger partial charge in [0.2, 0.25) is 11.9 Å². The third kappa shape index (κ3) is 4.73. The molecule has 2 aromatic rings. The molecule has 1 fully saturated rings. The molecule has 7 nitrogen and oxygen atoms in total. The van der Waals surface area contributed by atoms with E-state index in [9.17, 15) is 4.79 Å². The lowest BCUT2D eigenvalue weighted by Crippen LogP contribution is -2.47. The van der Waals surface area contributed by atoms with Crippen LogP contribution in [0.2, 0.25) is 0 Å². The van der Waals surface area contributed by atoms with Crippen molar-refractivity contribution in [2.75, 3.05) is 37.6 Å². The number of pyridine rings is 1. The first-order valence-electron chi connectivity index (χ1n) is 8.21. The van der Waals surface area contributed by atoms with Crippen molar-refractivity contribution < 1.29 is 4.79 Å². The van der Waals surface area contributed by atoms with E-state index in [1.807, 2.05) is 18.2 Å². The molecule has 1 aliphatic rings. The van der Waals surface area contributed by atoms with Crippen LogP contribution in [-0.2, 0) is 11.3 Å². The lowest BCUT2D eigenvalue weighted by atomic mass is 10.2. The average molecular weight is 326 g/mol. The summed E-state index contributed by atoms with van der Waals surface area (Å²) in [5.41, 5.74) is 1.02. The van der Waals surface area contributed by atoms with Crippen LogP contribution in [0.3, 0.4) is 0 Å². The van der Waals surface area contributed by atoms with Gasteiger partial charge in [0.1, 0.15) is 0 Å². The van der Waals surface area contributed by atoms with Crippen molar-refractivity contribution in [2.24, 2.45) is 0 Å². The summed E-state index contributed by atoms with van der Waals surface area (Å²) in [5.74, 6) is 0.860. The Balaban J connectivity index is 1.35. The monoisotopic (exact) mass is 326 g/mol. The molecular weight excluding hydrogens is 304 g/mol. The topological polar surface area (TPSA) is 74.2 Å². The van der Waals surface area contributed by atoms with Gasteiger partial charge in [-0.15, -0.1) is 0 Å². The summed E-state index contributed by atoms with van der Waals surface area (Å²) in [6.07, 6.45) is 7.54. The first-order chi connectivity index (χ1) is 11.8. The smallest absolute Gasteiger partial charge is 0.225 e. The fourth-order valence-corrected chi connectivity index (χ4v) is 2.68. The fourth-order valence-electron chi connectivity index (χ4n) is 2.68. The van der Waals surface area contributed by atoms with Gasteiger partial charge in [0, 0.05) is 70.5 Å². The first-order valence-corrected chi connectivity index (χ1v) is 8.21. The van der Waals surface area contributed by atoms with Crippen molar-refractivity contribution in [1.29, 1.82) is 0 Å². The van der Waals surface area contributed by atoms with E-state index in [1.165, 1.54) is 0 Å². The number of nitrogens with one attached hydrogen (secondary N) is 1. The quantitative estimate of drug-likeness (QED) is 0.842. The second kappa shape index (κ2) is 8.35. The lowest BCUT2D eigenvalue weighted by Gasteiger charge is -2.34. The van der Waals surface area contributed by atoms with Gasteiger partial charge in [0.25, 0.3) is 0 Å². The van der Waals surface area contributed by atoms with Crippen LogP contribution in [-0.4, -0.2) is 58.5 Å². The third-order valence-electron chi connectivity index (χ3n) is 4.07. The molecule has 2 aromatic heterocycles. The molecule has 0 saturated carbocycles. The zero-order valence-electron chi connectivity index (χ0n) is 13.6. The highest BCUT2D eigenvalue weighted by atomic mass is 16.1. The molecule has 0 aromatic carbocycles. The maximum Gasteiger partial charge on any atom is 0.225 e. The summed E-state index contributed by atoms with van der Waals surface area (Å²) >= 11 is 0. The van der Waals surface area contributed by atoms with Crippen LogP contribution in [0, 0.1) is 0 Å². The van der Waals surface area contributed by atoms with Gasteiger partial charge in [-0.3, -0.25) is 14.7 Å². The number of anilines is 1. The van der Waals surface area contributed by atoms with E-state index >= 15 is 0 Å². The summed E-state index contributed by atoms with van der Waals surface area (Å²) in [6.45, 7) is 4.94. The van der Waals surface area contributed by atoms with E-state index < -0.39 is 0 Å². The number of rotatable bonds is 6. The minimum atomic E-state index is 0.0766. The van der Waals surface area contributed by atoms with Gasteiger partial charge < -0.3 is 10.2 Å². The van der Waals surface area contributed by atoms with Crippen LogP contribution < -0.4 is 10.2 Å². The predicted octanol–water partition coefficient (Wildman–Crippen LogP) is 0.700. The van der Waals surface area contributed by atoms with Gasteiger partial charge in [-0.25, -0.2) is 9.97 Å². The van der Waals surface area contributed by atoms with Crippen molar-refractivity contribution in [3.8, 4) is 0 Å². The minimum absolute atomic E-state index is 0.0766. The van der Waals surface area contributed by atoms with Gasteiger partial charge in [-0.2, -0.15) is 0 Å². The molecule has 0 aliphatic carbocycles. The van der Waals surface area contributed by atoms with Crippen LogP contribution >= 0.6 is 0 Å². The number of hydrogen-bond acceptors (Lipinski definition) is 6. The van der Waals surface area contributed by atoms with Crippen molar-refractivity contribution in [1.82, 2.24) is 25.2 Å². The molecular formula is C17H22N6O. The molecule has 1 saturated heterocycles. The van der Waals surface area contributed by atoms with Gasteiger partial charge in [0.05, 0.1) is 0 Å². The number of piperazine rings is 1. The van der Waals surface area contributed by atoms with Crippen molar-refractivity contribution in [3.63, 3.8) is 0 Å². The Kier molecular flexibility index (Phi) is 5.68. The summed E-state index contributed by atoms with van der Waals surface area (Å²) in [7, 11) is 0. The maximum atomic E-state index is 12.0. The fraction of sp³-hybridized carbons (Fsp3) is 0.412. The number of carbonyl (C=O) groups is 1. The van der Waals surface area contributed by atoms with Crippen molar-refractivity contribution in [3.05, 3.63) is 48.5 Å². The number of hydrogen-bond donors (Lipinski definition) is 1. The van der Waals surface area contributed by atoms with Crippen LogP contribution in [0.5, 0.6) is 0 Å². The Morgan fingerprint density at radius 2 is 1.88 bits per heavy atom. The maximum absolute atomic E-state index is 12.0. The number of carbonyl (C=O) groups excluding carboxylic acids is 1. The molecule has 0 spiro atoms.